The van der Waals surface area contributed by atoms with E-state index in [1.807, 2.05) is 4.57 Å². The molecule has 0 spiro atoms. The minimum absolute atomic E-state index is 0.0337. The molecule has 3 rings (SSSR count). The number of aliphatic hydroxyl groups is 1. The number of aromatic nitrogens is 4. The SMILES string of the molecule is C=C1[C@H](CO)SC[C@H]1n1cnc2c(=O)[nH]cnc21. The molecule has 1 fully saturated rings. The predicted molar refractivity (Wildman–Crippen MR) is 69.7 cm³/mol. The first-order valence-electron chi connectivity index (χ1n) is 5.53. The van der Waals surface area contributed by atoms with Gasteiger partial charge in [-0.25, -0.2) is 9.97 Å². The Morgan fingerprint density at radius 2 is 2.44 bits per heavy atom. The van der Waals surface area contributed by atoms with Crippen molar-refractivity contribution in [2.24, 2.45) is 0 Å². The number of nitrogens with one attached hydrogen (secondary N) is 1. The van der Waals surface area contributed by atoms with Gasteiger partial charge in [-0.2, -0.15) is 0 Å². The number of nitrogens with zero attached hydrogens (tertiary/aromatic N) is 3. The predicted octanol–water partition coefficient (Wildman–Crippen LogP) is 0.325. The molecule has 0 aromatic carbocycles. The second kappa shape index (κ2) is 4.25. The molecule has 2 atom stereocenters. The summed E-state index contributed by atoms with van der Waals surface area (Å²) in [6.45, 7) is 4.11. The van der Waals surface area contributed by atoms with Gasteiger partial charge in [-0.05, 0) is 5.57 Å². The first-order chi connectivity index (χ1) is 8.72. The summed E-state index contributed by atoms with van der Waals surface area (Å²) in [6, 6.07) is 0.0337. The Morgan fingerprint density at radius 3 is 3.17 bits per heavy atom. The molecule has 1 aliphatic heterocycles. The standard InChI is InChI=1S/C11H12N4O2S/c1-6-7(3-18-8(6)2-16)15-5-14-9-10(15)12-4-13-11(9)17/h4-5,7-8,16H,1-3H2,(H,12,13,17)/t7-,8+/m1/s1. The Kier molecular flexibility index (Phi) is 2.71. The van der Waals surface area contributed by atoms with E-state index in [9.17, 15) is 9.90 Å². The monoisotopic (exact) mass is 264 g/mol. The van der Waals surface area contributed by atoms with Crippen molar-refractivity contribution in [2.75, 3.05) is 12.4 Å². The van der Waals surface area contributed by atoms with Crippen LogP contribution in [0.2, 0.25) is 0 Å². The Labute approximate surface area is 107 Å². The minimum Gasteiger partial charge on any atom is -0.395 e. The lowest BCUT2D eigenvalue weighted by Gasteiger charge is -2.14. The molecule has 0 saturated carbocycles. The van der Waals surface area contributed by atoms with Gasteiger partial charge >= 0.3 is 0 Å². The van der Waals surface area contributed by atoms with Gasteiger partial charge in [0.1, 0.15) is 0 Å². The van der Waals surface area contributed by atoms with E-state index in [1.165, 1.54) is 6.33 Å². The molecule has 18 heavy (non-hydrogen) atoms. The van der Waals surface area contributed by atoms with Crippen molar-refractivity contribution in [3.8, 4) is 0 Å². The van der Waals surface area contributed by atoms with E-state index >= 15 is 0 Å². The number of imidazole rings is 1. The van der Waals surface area contributed by atoms with Gasteiger partial charge in [0.2, 0.25) is 0 Å². The van der Waals surface area contributed by atoms with E-state index < -0.39 is 0 Å². The maximum absolute atomic E-state index is 11.6. The number of hydrogen-bond acceptors (Lipinski definition) is 5. The van der Waals surface area contributed by atoms with Gasteiger partial charge in [0.25, 0.3) is 5.56 Å². The van der Waals surface area contributed by atoms with Gasteiger partial charge in [-0.15, -0.1) is 11.8 Å². The number of aliphatic hydroxyl groups excluding tert-OH is 1. The highest BCUT2D eigenvalue weighted by Gasteiger charge is 2.31. The van der Waals surface area contributed by atoms with Crippen LogP contribution in [0.1, 0.15) is 6.04 Å². The number of thioether (sulfide) groups is 1. The normalized spacial score (nSPS) is 23.9. The van der Waals surface area contributed by atoms with Crippen molar-refractivity contribution < 1.29 is 5.11 Å². The lowest BCUT2D eigenvalue weighted by atomic mass is 10.1. The summed E-state index contributed by atoms with van der Waals surface area (Å²) >= 11 is 1.66. The summed E-state index contributed by atoms with van der Waals surface area (Å²) in [5.41, 5.74) is 1.60. The quantitative estimate of drug-likeness (QED) is 0.763. The van der Waals surface area contributed by atoms with Gasteiger partial charge < -0.3 is 14.7 Å². The zero-order valence-electron chi connectivity index (χ0n) is 9.54. The van der Waals surface area contributed by atoms with Crippen molar-refractivity contribution in [1.82, 2.24) is 19.5 Å². The summed E-state index contributed by atoms with van der Waals surface area (Å²) in [6.07, 6.45) is 2.99. The molecule has 0 bridgehead atoms. The summed E-state index contributed by atoms with van der Waals surface area (Å²) < 4.78 is 1.86. The van der Waals surface area contributed by atoms with Crippen LogP contribution in [-0.4, -0.2) is 42.2 Å². The third kappa shape index (κ3) is 1.58. The van der Waals surface area contributed by atoms with Crippen LogP contribution >= 0.6 is 11.8 Å². The lowest BCUT2D eigenvalue weighted by Crippen LogP contribution is -2.15. The van der Waals surface area contributed by atoms with Crippen LogP contribution in [0.4, 0.5) is 0 Å². The Balaban J connectivity index is 2.09. The van der Waals surface area contributed by atoms with Gasteiger partial charge in [0.15, 0.2) is 11.2 Å². The molecule has 0 radical (unpaired) electrons. The number of rotatable bonds is 2. The molecule has 6 nitrogen and oxygen atoms in total. The van der Waals surface area contributed by atoms with E-state index in [1.54, 1.807) is 18.1 Å². The third-order valence-corrected chi connectivity index (χ3v) is 4.53. The highest BCUT2D eigenvalue weighted by molar-refractivity contribution is 8.00. The summed E-state index contributed by atoms with van der Waals surface area (Å²) in [7, 11) is 0. The Bertz CT molecular complexity index is 662. The van der Waals surface area contributed by atoms with Crippen LogP contribution in [0.25, 0.3) is 11.2 Å². The zero-order chi connectivity index (χ0) is 12.7. The van der Waals surface area contributed by atoms with Crippen molar-refractivity contribution in [1.29, 1.82) is 0 Å². The van der Waals surface area contributed by atoms with Crippen molar-refractivity contribution in [3.05, 3.63) is 35.2 Å². The number of aromatic amines is 1. The summed E-state index contributed by atoms with van der Waals surface area (Å²) in [4.78, 5) is 22.3. The van der Waals surface area contributed by atoms with Crippen LogP contribution < -0.4 is 5.56 Å². The van der Waals surface area contributed by atoms with E-state index in [0.717, 1.165) is 11.3 Å². The minimum atomic E-state index is -0.242. The molecule has 0 amide bonds. The van der Waals surface area contributed by atoms with E-state index in [0.29, 0.717) is 11.2 Å². The fraction of sp³-hybridized carbons (Fsp3) is 0.364. The average Bonchev–Trinajstić information content (AvgIpc) is 2.93. The number of fused-ring (bicyclic) bond motifs is 1. The fourth-order valence-corrected chi connectivity index (χ4v) is 3.42. The average molecular weight is 264 g/mol. The maximum atomic E-state index is 11.6. The maximum Gasteiger partial charge on any atom is 0.278 e. The van der Waals surface area contributed by atoms with Crippen molar-refractivity contribution in [2.45, 2.75) is 11.3 Å². The van der Waals surface area contributed by atoms with Gasteiger partial charge in [0, 0.05) is 5.75 Å². The molecule has 1 aliphatic rings. The number of H-pyrrole nitrogens is 1. The molecule has 3 heterocycles. The summed E-state index contributed by atoms with van der Waals surface area (Å²) in [5.74, 6) is 0.810. The Morgan fingerprint density at radius 1 is 1.61 bits per heavy atom. The molecule has 2 aromatic rings. The van der Waals surface area contributed by atoms with E-state index in [-0.39, 0.29) is 23.5 Å². The largest absolute Gasteiger partial charge is 0.395 e. The van der Waals surface area contributed by atoms with Gasteiger partial charge in [-0.1, -0.05) is 6.58 Å². The first kappa shape index (κ1) is 11.5. The topological polar surface area (TPSA) is 83.8 Å². The fourth-order valence-electron chi connectivity index (χ4n) is 2.16. The highest BCUT2D eigenvalue weighted by Crippen LogP contribution is 2.39. The Hall–Kier alpha value is -1.60. The highest BCUT2D eigenvalue weighted by atomic mass is 32.2. The van der Waals surface area contributed by atoms with Crippen molar-refractivity contribution in [3.63, 3.8) is 0 Å². The van der Waals surface area contributed by atoms with Crippen LogP contribution in [0.5, 0.6) is 0 Å². The van der Waals surface area contributed by atoms with Crippen molar-refractivity contribution >= 4 is 22.9 Å². The smallest absolute Gasteiger partial charge is 0.278 e. The van der Waals surface area contributed by atoms with Crippen LogP contribution in [-0.2, 0) is 0 Å². The van der Waals surface area contributed by atoms with Crippen LogP contribution in [0, 0.1) is 0 Å². The van der Waals surface area contributed by atoms with E-state index in [2.05, 4.69) is 21.5 Å². The van der Waals surface area contributed by atoms with E-state index in [4.69, 9.17) is 0 Å². The molecule has 2 N–H and O–H groups in total. The molecule has 2 aromatic heterocycles. The van der Waals surface area contributed by atoms with Crippen LogP contribution in [0.15, 0.2) is 29.6 Å². The molecular formula is C11H12N4O2S. The molecule has 1 saturated heterocycles. The number of hydrogen-bond donors (Lipinski definition) is 2. The first-order valence-corrected chi connectivity index (χ1v) is 6.58. The lowest BCUT2D eigenvalue weighted by molar-refractivity contribution is 0.302. The third-order valence-electron chi connectivity index (χ3n) is 3.16. The molecule has 0 unspecified atom stereocenters. The zero-order valence-corrected chi connectivity index (χ0v) is 10.4. The van der Waals surface area contributed by atoms with Gasteiger partial charge in [0.05, 0.1) is 30.6 Å². The van der Waals surface area contributed by atoms with Crippen LogP contribution in [0.3, 0.4) is 0 Å². The molecule has 0 aliphatic carbocycles. The molecule has 94 valence electrons. The van der Waals surface area contributed by atoms with Gasteiger partial charge in [-0.3, -0.25) is 4.79 Å². The molecular weight excluding hydrogens is 252 g/mol. The second-order valence-electron chi connectivity index (χ2n) is 4.15. The molecule has 7 heteroatoms. The second-order valence-corrected chi connectivity index (χ2v) is 5.39. The summed E-state index contributed by atoms with van der Waals surface area (Å²) in [5, 5.41) is 9.28.